The van der Waals surface area contributed by atoms with Gasteiger partial charge in [0.2, 0.25) is 10.0 Å². The molecule has 4 nitrogen and oxygen atoms in total. The lowest BCUT2D eigenvalue weighted by Gasteiger charge is -2.19. The second-order valence-electron chi connectivity index (χ2n) is 4.71. The molecule has 0 spiro atoms. The van der Waals surface area contributed by atoms with Crippen LogP contribution >= 0.6 is 11.6 Å². The molecule has 0 amide bonds. The van der Waals surface area contributed by atoms with Crippen molar-refractivity contribution in [2.75, 3.05) is 12.4 Å². The summed E-state index contributed by atoms with van der Waals surface area (Å²) in [5.41, 5.74) is 1.77. The zero-order valence-electron chi connectivity index (χ0n) is 11.1. The Morgan fingerprint density at radius 2 is 2.21 bits per heavy atom. The van der Waals surface area contributed by atoms with E-state index in [1.807, 2.05) is 13.0 Å². The Labute approximate surface area is 119 Å². The van der Waals surface area contributed by atoms with Crippen molar-refractivity contribution in [2.45, 2.75) is 32.7 Å². The molecule has 0 saturated heterocycles. The van der Waals surface area contributed by atoms with Gasteiger partial charge in [-0.15, -0.1) is 0 Å². The first kappa shape index (κ1) is 14.6. The number of aryl methyl sites for hydroxylation is 1. The Morgan fingerprint density at radius 3 is 2.89 bits per heavy atom. The SMILES string of the molecule is CCS(=O)(=O)NC1CCCOc2c(C)cc(Cl)cc21. The fraction of sp³-hybridized carbons (Fsp3) is 0.538. The molecule has 0 fully saturated rings. The summed E-state index contributed by atoms with van der Waals surface area (Å²) in [6, 6.07) is 3.36. The van der Waals surface area contributed by atoms with E-state index in [4.69, 9.17) is 16.3 Å². The first-order valence-electron chi connectivity index (χ1n) is 6.36. The average Bonchev–Trinajstić information content (AvgIpc) is 2.52. The summed E-state index contributed by atoms with van der Waals surface area (Å²) < 4.78 is 32.0. The van der Waals surface area contributed by atoms with Crippen LogP contribution in [0.15, 0.2) is 12.1 Å². The van der Waals surface area contributed by atoms with Crippen LogP contribution in [-0.2, 0) is 10.0 Å². The maximum absolute atomic E-state index is 11.8. The number of sulfonamides is 1. The normalized spacial score (nSPS) is 19.4. The molecule has 19 heavy (non-hydrogen) atoms. The Bertz CT molecular complexity index is 571. The molecule has 0 aromatic heterocycles. The fourth-order valence-corrected chi connectivity index (χ4v) is 3.38. The van der Waals surface area contributed by atoms with Gasteiger partial charge in [0.25, 0.3) is 0 Å². The molecule has 1 aliphatic heterocycles. The molecule has 1 unspecified atom stereocenters. The number of nitrogens with one attached hydrogen (secondary N) is 1. The molecule has 1 heterocycles. The van der Waals surface area contributed by atoms with Crippen molar-refractivity contribution in [3.63, 3.8) is 0 Å². The molecule has 1 N–H and O–H groups in total. The van der Waals surface area contributed by atoms with Gasteiger partial charge in [0.15, 0.2) is 0 Å². The van der Waals surface area contributed by atoms with E-state index in [0.717, 1.165) is 23.3 Å². The maximum Gasteiger partial charge on any atom is 0.211 e. The highest BCUT2D eigenvalue weighted by molar-refractivity contribution is 7.89. The highest BCUT2D eigenvalue weighted by Gasteiger charge is 2.25. The summed E-state index contributed by atoms with van der Waals surface area (Å²) >= 11 is 6.07. The third kappa shape index (κ3) is 3.41. The monoisotopic (exact) mass is 303 g/mol. The van der Waals surface area contributed by atoms with Gasteiger partial charge in [-0.25, -0.2) is 13.1 Å². The van der Waals surface area contributed by atoms with Gasteiger partial charge in [-0.2, -0.15) is 0 Å². The lowest BCUT2D eigenvalue weighted by atomic mass is 10.0. The fourth-order valence-electron chi connectivity index (χ4n) is 2.25. The highest BCUT2D eigenvalue weighted by Crippen LogP contribution is 2.36. The standard InChI is InChI=1S/C13H18ClNO3S/c1-3-19(16,17)15-12-5-4-6-18-13-9(2)7-10(14)8-11(12)13/h7-8,12,15H,3-6H2,1-2H3. The smallest absolute Gasteiger partial charge is 0.211 e. The number of ether oxygens (including phenoxy) is 1. The van der Waals surface area contributed by atoms with Crippen LogP contribution < -0.4 is 9.46 Å². The van der Waals surface area contributed by atoms with E-state index in [1.54, 1.807) is 13.0 Å². The van der Waals surface area contributed by atoms with Gasteiger partial charge in [0, 0.05) is 10.6 Å². The molecular formula is C13H18ClNO3S. The van der Waals surface area contributed by atoms with Gasteiger partial charge < -0.3 is 4.74 Å². The molecule has 106 valence electrons. The van der Waals surface area contributed by atoms with E-state index in [1.165, 1.54) is 0 Å². The van der Waals surface area contributed by atoms with Crippen molar-refractivity contribution in [2.24, 2.45) is 0 Å². The first-order valence-corrected chi connectivity index (χ1v) is 8.39. The Hall–Kier alpha value is -0.780. The minimum atomic E-state index is -3.25. The number of benzene rings is 1. The number of rotatable bonds is 3. The molecular weight excluding hydrogens is 286 g/mol. The quantitative estimate of drug-likeness (QED) is 0.934. The van der Waals surface area contributed by atoms with Gasteiger partial charge in [0.05, 0.1) is 18.4 Å². The lowest BCUT2D eigenvalue weighted by molar-refractivity contribution is 0.314. The number of fused-ring (bicyclic) bond motifs is 1. The number of hydrogen-bond donors (Lipinski definition) is 1. The minimum absolute atomic E-state index is 0.0687. The molecule has 1 atom stereocenters. The van der Waals surface area contributed by atoms with Gasteiger partial charge in [0.1, 0.15) is 5.75 Å². The second-order valence-corrected chi connectivity index (χ2v) is 7.18. The van der Waals surface area contributed by atoms with E-state index in [-0.39, 0.29) is 11.8 Å². The summed E-state index contributed by atoms with van der Waals surface area (Å²) in [7, 11) is -3.25. The lowest BCUT2D eigenvalue weighted by Crippen LogP contribution is -2.29. The van der Waals surface area contributed by atoms with E-state index in [9.17, 15) is 8.42 Å². The predicted molar refractivity (Wildman–Crippen MR) is 76.3 cm³/mol. The van der Waals surface area contributed by atoms with Crippen LogP contribution in [0.5, 0.6) is 5.75 Å². The van der Waals surface area contributed by atoms with Crippen molar-refractivity contribution in [1.82, 2.24) is 4.72 Å². The van der Waals surface area contributed by atoms with Crippen molar-refractivity contribution in [3.8, 4) is 5.75 Å². The first-order chi connectivity index (χ1) is 8.93. The van der Waals surface area contributed by atoms with Crippen molar-refractivity contribution >= 4 is 21.6 Å². The van der Waals surface area contributed by atoms with Crippen LogP contribution in [0.2, 0.25) is 5.02 Å². The Morgan fingerprint density at radius 1 is 1.47 bits per heavy atom. The van der Waals surface area contributed by atoms with Crippen LogP contribution in [-0.4, -0.2) is 20.8 Å². The Balaban J connectivity index is 2.43. The molecule has 0 radical (unpaired) electrons. The van der Waals surface area contributed by atoms with E-state index in [2.05, 4.69) is 4.72 Å². The molecule has 1 aliphatic rings. The molecule has 0 aliphatic carbocycles. The van der Waals surface area contributed by atoms with Crippen LogP contribution in [0, 0.1) is 6.92 Å². The van der Waals surface area contributed by atoms with E-state index in [0.29, 0.717) is 18.1 Å². The van der Waals surface area contributed by atoms with Crippen molar-refractivity contribution < 1.29 is 13.2 Å². The average molecular weight is 304 g/mol. The van der Waals surface area contributed by atoms with Gasteiger partial charge in [-0.05, 0) is 44.4 Å². The third-order valence-corrected chi connectivity index (χ3v) is 4.85. The van der Waals surface area contributed by atoms with Gasteiger partial charge in [-0.1, -0.05) is 11.6 Å². The molecule has 0 bridgehead atoms. The predicted octanol–water partition coefficient (Wildman–Crippen LogP) is 2.80. The molecule has 1 aromatic rings. The summed E-state index contributed by atoms with van der Waals surface area (Å²) in [5, 5.41) is 0.599. The zero-order valence-corrected chi connectivity index (χ0v) is 12.6. The summed E-state index contributed by atoms with van der Waals surface area (Å²) in [4.78, 5) is 0. The second kappa shape index (κ2) is 5.69. The van der Waals surface area contributed by atoms with Crippen LogP contribution in [0.3, 0.4) is 0 Å². The number of hydrogen-bond acceptors (Lipinski definition) is 3. The van der Waals surface area contributed by atoms with E-state index >= 15 is 0 Å². The Kier molecular flexibility index (Phi) is 4.38. The third-order valence-electron chi connectivity index (χ3n) is 3.23. The molecule has 2 rings (SSSR count). The van der Waals surface area contributed by atoms with E-state index < -0.39 is 10.0 Å². The number of halogens is 1. The highest BCUT2D eigenvalue weighted by atomic mass is 35.5. The topological polar surface area (TPSA) is 55.4 Å². The van der Waals surface area contributed by atoms with Crippen molar-refractivity contribution in [1.29, 1.82) is 0 Å². The van der Waals surface area contributed by atoms with Gasteiger partial charge >= 0.3 is 0 Å². The zero-order chi connectivity index (χ0) is 14.0. The summed E-state index contributed by atoms with van der Waals surface area (Å²) in [6.45, 7) is 4.14. The molecule has 6 heteroatoms. The molecule has 1 aromatic carbocycles. The van der Waals surface area contributed by atoms with Gasteiger partial charge in [-0.3, -0.25) is 0 Å². The van der Waals surface area contributed by atoms with Crippen LogP contribution in [0.25, 0.3) is 0 Å². The molecule has 0 saturated carbocycles. The largest absolute Gasteiger partial charge is 0.493 e. The van der Waals surface area contributed by atoms with Crippen LogP contribution in [0.4, 0.5) is 0 Å². The van der Waals surface area contributed by atoms with Crippen molar-refractivity contribution in [3.05, 3.63) is 28.3 Å². The minimum Gasteiger partial charge on any atom is -0.493 e. The maximum atomic E-state index is 11.8. The summed E-state index contributed by atoms with van der Waals surface area (Å²) in [6.07, 6.45) is 1.52. The summed E-state index contributed by atoms with van der Waals surface area (Å²) in [5.74, 6) is 0.824. The van der Waals surface area contributed by atoms with Crippen LogP contribution in [0.1, 0.15) is 36.9 Å².